The van der Waals surface area contributed by atoms with E-state index in [1.165, 1.54) is 48.8 Å². The van der Waals surface area contributed by atoms with E-state index in [9.17, 15) is 0 Å². The third kappa shape index (κ3) is 3.30. The zero-order chi connectivity index (χ0) is 22.5. The van der Waals surface area contributed by atoms with Crippen molar-refractivity contribution in [3.8, 4) is 11.5 Å². The highest BCUT2D eigenvalue weighted by Crippen LogP contribution is 2.61. The summed E-state index contributed by atoms with van der Waals surface area (Å²) in [6.45, 7) is 1.28. The topological polar surface area (TPSA) is 18.5 Å². The zero-order valence-electron chi connectivity index (χ0n) is 19.7. The Hall–Kier alpha value is -3.00. The van der Waals surface area contributed by atoms with Crippen molar-refractivity contribution in [1.82, 2.24) is 0 Å². The largest absolute Gasteiger partial charge is 0.486 e. The van der Waals surface area contributed by atoms with Gasteiger partial charge in [-0.3, -0.25) is 0 Å². The highest BCUT2D eigenvalue weighted by atomic mass is 16.6. The van der Waals surface area contributed by atoms with Gasteiger partial charge in [-0.25, -0.2) is 0 Å². The maximum Gasteiger partial charge on any atom is 0.161 e. The molecule has 1 fully saturated rings. The lowest BCUT2D eigenvalue weighted by Gasteiger charge is -2.50. The molecule has 34 heavy (non-hydrogen) atoms. The molecule has 7 rings (SSSR count). The summed E-state index contributed by atoms with van der Waals surface area (Å²) in [6.07, 6.45) is 10.3. The quantitative estimate of drug-likeness (QED) is 0.403. The molecule has 4 aliphatic rings. The summed E-state index contributed by atoms with van der Waals surface area (Å²) in [6, 6.07) is 27.0. The van der Waals surface area contributed by atoms with Crippen LogP contribution in [0.5, 0.6) is 11.5 Å². The van der Waals surface area contributed by atoms with E-state index in [1.54, 1.807) is 11.1 Å². The summed E-state index contributed by atoms with van der Waals surface area (Å²) >= 11 is 0. The van der Waals surface area contributed by atoms with Gasteiger partial charge in [0.05, 0.1) is 0 Å². The Morgan fingerprint density at radius 1 is 0.765 bits per heavy atom. The molecule has 1 unspecified atom stereocenters. The molecule has 0 radical (unpaired) electrons. The molecule has 0 aromatic heterocycles. The Morgan fingerprint density at radius 3 is 2.38 bits per heavy atom. The lowest BCUT2D eigenvalue weighted by molar-refractivity contribution is 0.0906. The Morgan fingerprint density at radius 2 is 1.53 bits per heavy atom. The molecular weight excluding hydrogens is 416 g/mol. The van der Waals surface area contributed by atoms with Crippen molar-refractivity contribution in [3.05, 3.63) is 101 Å². The first kappa shape index (κ1) is 20.4. The molecule has 1 saturated carbocycles. The summed E-state index contributed by atoms with van der Waals surface area (Å²) in [5, 5.41) is 0. The fraction of sp³-hybridized carbons (Fsp3) is 0.375. The summed E-state index contributed by atoms with van der Waals surface area (Å²) in [5.74, 6) is 3.72. The second-order valence-electron chi connectivity index (χ2n) is 10.8. The van der Waals surface area contributed by atoms with E-state index in [0.29, 0.717) is 36.4 Å². The lowest BCUT2D eigenvalue weighted by Crippen LogP contribution is -2.41. The summed E-state index contributed by atoms with van der Waals surface area (Å²) in [4.78, 5) is 0. The number of rotatable bonds is 2. The maximum absolute atomic E-state index is 5.91. The van der Waals surface area contributed by atoms with Crippen LogP contribution in [-0.2, 0) is 6.42 Å². The summed E-state index contributed by atoms with van der Waals surface area (Å²) < 4.78 is 11.7. The Balaban J connectivity index is 1.23. The maximum atomic E-state index is 5.91. The lowest BCUT2D eigenvalue weighted by atomic mass is 9.54. The van der Waals surface area contributed by atoms with Crippen molar-refractivity contribution in [2.24, 2.45) is 11.3 Å². The van der Waals surface area contributed by atoms with E-state index in [2.05, 4.69) is 78.9 Å². The van der Waals surface area contributed by atoms with E-state index in [0.717, 1.165) is 17.9 Å². The first-order chi connectivity index (χ1) is 16.8. The Bertz CT molecular complexity index is 1230. The van der Waals surface area contributed by atoms with Gasteiger partial charge in [0.15, 0.2) is 11.5 Å². The monoisotopic (exact) mass is 448 g/mol. The Kier molecular flexibility index (Phi) is 4.82. The molecule has 172 valence electrons. The van der Waals surface area contributed by atoms with Crippen LogP contribution in [-0.4, -0.2) is 13.2 Å². The summed E-state index contributed by atoms with van der Waals surface area (Å²) in [5.41, 5.74) is 7.91. The van der Waals surface area contributed by atoms with Crippen molar-refractivity contribution >= 4 is 5.57 Å². The molecule has 1 heterocycles. The van der Waals surface area contributed by atoms with E-state index in [-0.39, 0.29) is 0 Å². The average Bonchev–Trinajstić information content (AvgIpc) is 3.37. The number of benzene rings is 3. The van der Waals surface area contributed by atoms with Gasteiger partial charge in [0.25, 0.3) is 0 Å². The Labute approximate surface area is 202 Å². The molecule has 2 nitrogen and oxygen atoms in total. The SMILES string of the molecule is C1=C(c2ccc3c(c2)OCCO3)C[C@H]2c3ccccc3CC3(CCC(c4ccccc4)CC3)C12. The molecule has 3 aromatic carbocycles. The van der Waals surface area contributed by atoms with Crippen LogP contribution < -0.4 is 9.47 Å². The van der Waals surface area contributed by atoms with Gasteiger partial charge >= 0.3 is 0 Å². The minimum atomic E-state index is 0.389. The van der Waals surface area contributed by atoms with Crippen LogP contribution in [0.15, 0.2) is 78.9 Å². The van der Waals surface area contributed by atoms with Gasteiger partial charge in [-0.15, -0.1) is 0 Å². The van der Waals surface area contributed by atoms with Gasteiger partial charge < -0.3 is 9.47 Å². The molecule has 1 spiro atoms. The van der Waals surface area contributed by atoms with E-state index >= 15 is 0 Å². The first-order valence-corrected chi connectivity index (χ1v) is 13.0. The van der Waals surface area contributed by atoms with E-state index < -0.39 is 0 Å². The minimum absolute atomic E-state index is 0.389. The molecule has 0 bridgehead atoms. The molecule has 2 heteroatoms. The molecule has 2 atom stereocenters. The highest BCUT2D eigenvalue weighted by Gasteiger charge is 2.50. The predicted molar refractivity (Wildman–Crippen MR) is 136 cm³/mol. The number of ether oxygens (including phenoxy) is 2. The van der Waals surface area contributed by atoms with Crippen molar-refractivity contribution < 1.29 is 9.47 Å². The minimum Gasteiger partial charge on any atom is -0.486 e. The van der Waals surface area contributed by atoms with Crippen molar-refractivity contribution in [3.63, 3.8) is 0 Å². The second-order valence-corrected chi connectivity index (χ2v) is 10.8. The van der Waals surface area contributed by atoms with Crippen LogP contribution in [0.2, 0.25) is 0 Å². The van der Waals surface area contributed by atoms with Crippen LogP contribution in [0.25, 0.3) is 5.57 Å². The van der Waals surface area contributed by atoms with Gasteiger partial charge in [0.1, 0.15) is 13.2 Å². The number of allylic oxidation sites excluding steroid dienone is 2. The van der Waals surface area contributed by atoms with E-state index in [1.807, 2.05) is 0 Å². The highest BCUT2D eigenvalue weighted by molar-refractivity contribution is 5.72. The standard InChI is InChI=1S/C32H32O2/c1-2-6-22(7-3-1)23-12-14-32(15-13-23)21-25-8-4-5-9-27(25)28-18-26(19-29(28)32)24-10-11-30-31(20-24)34-17-16-33-30/h1-11,19-20,23,28-29H,12-18,21H2/t23?,28-,29?,32?/m0/s1. The van der Waals surface area contributed by atoms with E-state index in [4.69, 9.17) is 9.47 Å². The van der Waals surface area contributed by atoms with Crippen LogP contribution in [0.1, 0.15) is 66.2 Å². The number of hydrogen-bond acceptors (Lipinski definition) is 2. The second kappa shape index (κ2) is 8.05. The van der Waals surface area contributed by atoms with Crippen molar-refractivity contribution in [1.29, 1.82) is 0 Å². The zero-order valence-corrected chi connectivity index (χ0v) is 19.7. The third-order valence-electron chi connectivity index (χ3n) is 9.12. The molecule has 0 amide bonds. The molecule has 0 saturated heterocycles. The molecule has 3 aliphatic carbocycles. The van der Waals surface area contributed by atoms with Crippen LogP contribution >= 0.6 is 0 Å². The fourth-order valence-corrected chi connectivity index (χ4v) is 7.44. The smallest absolute Gasteiger partial charge is 0.161 e. The summed E-state index contributed by atoms with van der Waals surface area (Å²) in [7, 11) is 0. The van der Waals surface area contributed by atoms with Crippen LogP contribution in [0, 0.1) is 11.3 Å². The molecule has 1 aliphatic heterocycles. The first-order valence-electron chi connectivity index (χ1n) is 13.0. The fourth-order valence-electron chi connectivity index (χ4n) is 7.44. The molecule has 0 N–H and O–H groups in total. The van der Waals surface area contributed by atoms with Crippen LogP contribution in [0.4, 0.5) is 0 Å². The van der Waals surface area contributed by atoms with Crippen LogP contribution in [0.3, 0.4) is 0 Å². The van der Waals surface area contributed by atoms with Gasteiger partial charge in [-0.05, 0) is 102 Å². The van der Waals surface area contributed by atoms with Gasteiger partial charge in [-0.1, -0.05) is 66.7 Å². The third-order valence-corrected chi connectivity index (χ3v) is 9.12. The van der Waals surface area contributed by atoms with Crippen molar-refractivity contribution in [2.45, 2.75) is 50.4 Å². The molecule has 3 aromatic rings. The van der Waals surface area contributed by atoms with Gasteiger partial charge in [0, 0.05) is 0 Å². The van der Waals surface area contributed by atoms with Crippen molar-refractivity contribution in [2.75, 3.05) is 13.2 Å². The number of fused-ring (bicyclic) bond motifs is 5. The van der Waals surface area contributed by atoms with Gasteiger partial charge in [-0.2, -0.15) is 0 Å². The average molecular weight is 449 g/mol. The van der Waals surface area contributed by atoms with Gasteiger partial charge in [0.2, 0.25) is 0 Å². The number of hydrogen-bond donors (Lipinski definition) is 0. The predicted octanol–water partition coefficient (Wildman–Crippen LogP) is 7.55. The molecular formula is C32H32O2. The normalized spacial score (nSPS) is 29.3.